The maximum absolute atomic E-state index is 11.5. The minimum atomic E-state index is -0.229. The summed E-state index contributed by atoms with van der Waals surface area (Å²) in [4.78, 5) is 11.5. The number of nitrogens with one attached hydrogen (secondary N) is 2. The smallest absolute Gasteiger partial charge is 0.241 e. The topological polar surface area (TPSA) is 41.1 Å². The molecule has 0 fully saturated rings. The molecule has 0 heterocycles. The Hall–Kier alpha value is -0.580. The molecule has 0 saturated heterocycles. The molecule has 0 aliphatic heterocycles. The quantitative estimate of drug-likeness (QED) is 0.899. The molecule has 1 aromatic rings. The first kappa shape index (κ1) is 12.5. The zero-order valence-corrected chi connectivity index (χ0v) is 10.8. The van der Waals surface area contributed by atoms with Gasteiger partial charge in [0.05, 0.1) is 11.1 Å². The summed E-state index contributed by atoms with van der Waals surface area (Å²) in [6.07, 6.45) is 0. The van der Waals surface area contributed by atoms with Crippen LogP contribution >= 0.6 is 27.5 Å². The summed E-state index contributed by atoms with van der Waals surface area (Å²) in [5.74, 6) is -0.0871. The summed E-state index contributed by atoms with van der Waals surface area (Å²) in [5.41, 5.74) is 0.690. The van der Waals surface area contributed by atoms with Crippen LogP contribution in [0, 0.1) is 0 Å². The minimum Gasteiger partial charge on any atom is -0.325 e. The summed E-state index contributed by atoms with van der Waals surface area (Å²) in [6.45, 7) is 1.79. The zero-order chi connectivity index (χ0) is 11.4. The van der Waals surface area contributed by atoms with Crippen molar-refractivity contribution in [1.29, 1.82) is 0 Å². The average molecular weight is 292 g/mol. The van der Waals surface area contributed by atoms with Crippen LogP contribution in [0.2, 0.25) is 5.02 Å². The first-order chi connectivity index (χ1) is 7.04. The van der Waals surface area contributed by atoms with Gasteiger partial charge in [0.1, 0.15) is 0 Å². The number of benzene rings is 1. The third kappa shape index (κ3) is 3.48. The largest absolute Gasteiger partial charge is 0.325 e. The summed E-state index contributed by atoms with van der Waals surface area (Å²) < 4.78 is 0.809. The van der Waals surface area contributed by atoms with Crippen LogP contribution in [-0.2, 0) is 4.79 Å². The Morgan fingerprint density at radius 2 is 2.20 bits per heavy atom. The van der Waals surface area contributed by atoms with Crippen LogP contribution in [0.1, 0.15) is 6.92 Å². The van der Waals surface area contributed by atoms with Gasteiger partial charge in [-0.05, 0) is 48.1 Å². The first-order valence-electron chi connectivity index (χ1n) is 4.47. The minimum absolute atomic E-state index is 0.0871. The van der Waals surface area contributed by atoms with E-state index < -0.39 is 0 Å². The molecule has 82 valence electrons. The Morgan fingerprint density at radius 3 is 2.73 bits per heavy atom. The van der Waals surface area contributed by atoms with Gasteiger partial charge in [0.2, 0.25) is 5.91 Å². The van der Waals surface area contributed by atoms with E-state index in [0.29, 0.717) is 10.7 Å². The normalized spacial score (nSPS) is 12.3. The third-order valence-corrected chi connectivity index (χ3v) is 3.25. The Morgan fingerprint density at radius 1 is 1.53 bits per heavy atom. The number of anilines is 1. The highest BCUT2D eigenvalue weighted by molar-refractivity contribution is 9.10. The molecule has 5 heteroatoms. The van der Waals surface area contributed by atoms with Gasteiger partial charge in [0.15, 0.2) is 0 Å². The molecule has 2 N–H and O–H groups in total. The first-order valence-corrected chi connectivity index (χ1v) is 5.65. The van der Waals surface area contributed by atoms with Crippen molar-refractivity contribution in [3.8, 4) is 0 Å². The van der Waals surface area contributed by atoms with Gasteiger partial charge in [-0.25, -0.2) is 0 Å². The fourth-order valence-electron chi connectivity index (χ4n) is 0.955. The number of rotatable bonds is 3. The molecular formula is C10H12BrClN2O. The summed E-state index contributed by atoms with van der Waals surface area (Å²) in [5, 5.41) is 6.18. The molecule has 15 heavy (non-hydrogen) atoms. The SMILES string of the molecule is CNC(C)C(=O)Nc1ccc(Br)c(Cl)c1. The third-order valence-electron chi connectivity index (χ3n) is 2.01. The van der Waals surface area contributed by atoms with E-state index in [1.165, 1.54) is 0 Å². The van der Waals surface area contributed by atoms with Crippen LogP contribution in [0.25, 0.3) is 0 Å². The molecular weight excluding hydrogens is 279 g/mol. The van der Waals surface area contributed by atoms with E-state index in [-0.39, 0.29) is 11.9 Å². The van der Waals surface area contributed by atoms with Gasteiger partial charge in [-0.2, -0.15) is 0 Å². The van der Waals surface area contributed by atoms with Crippen molar-refractivity contribution in [2.24, 2.45) is 0 Å². The molecule has 0 radical (unpaired) electrons. The van der Waals surface area contributed by atoms with E-state index in [9.17, 15) is 4.79 Å². The van der Waals surface area contributed by atoms with Crippen molar-refractivity contribution in [3.05, 3.63) is 27.7 Å². The lowest BCUT2D eigenvalue weighted by molar-refractivity contribution is -0.117. The Labute approximate surface area is 102 Å². The van der Waals surface area contributed by atoms with Crippen LogP contribution in [0.3, 0.4) is 0 Å². The van der Waals surface area contributed by atoms with Gasteiger partial charge >= 0.3 is 0 Å². The number of halogens is 2. The average Bonchev–Trinajstić information content (AvgIpc) is 2.22. The number of hydrogen-bond acceptors (Lipinski definition) is 2. The highest BCUT2D eigenvalue weighted by atomic mass is 79.9. The number of amides is 1. The Balaban J connectivity index is 2.73. The van der Waals surface area contributed by atoms with Gasteiger partial charge in [0.25, 0.3) is 0 Å². The lowest BCUT2D eigenvalue weighted by atomic mass is 10.3. The van der Waals surface area contributed by atoms with Crippen molar-refractivity contribution in [1.82, 2.24) is 5.32 Å². The second-order valence-corrected chi connectivity index (χ2v) is 4.39. The van der Waals surface area contributed by atoms with Crippen LogP contribution < -0.4 is 10.6 Å². The van der Waals surface area contributed by atoms with Crippen LogP contribution in [0.4, 0.5) is 5.69 Å². The van der Waals surface area contributed by atoms with Crippen molar-refractivity contribution < 1.29 is 4.79 Å². The molecule has 1 unspecified atom stereocenters. The lowest BCUT2D eigenvalue weighted by Gasteiger charge is -2.11. The van der Waals surface area contributed by atoms with E-state index >= 15 is 0 Å². The highest BCUT2D eigenvalue weighted by Crippen LogP contribution is 2.25. The maximum Gasteiger partial charge on any atom is 0.241 e. The standard InChI is InChI=1S/C10H12BrClN2O/c1-6(13-2)10(15)14-7-3-4-8(11)9(12)5-7/h3-6,13H,1-2H3,(H,14,15). The maximum atomic E-state index is 11.5. The number of likely N-dealkylation sites (N-methyl/N-ethyl adjacent to an activating group) is 1. The predicted molar refractivity (Wildman–Crippen MR) is 66.3 cm³/mol. The van der Waals surface area contributed by atoms with Gasteiger partial charge in [0, 0.05) is 10.2 Å². The Bertz CT molecular complexity index is 370. The molecule has 1 amide bonds. The van der Waals surface area contributed by atoms with E-state index in [2.05, 4.69) is 26.6 Å². The molecule has 1 atom stereocenters. The van der Waals surface area contributed by atoms with Crippen LogP contribution in [0.15, 0.2) is 22.7 Å². The highest BCUT2D eigenvalue weighted by Gasteiger charge is 2.10. The van der Waals surface area contributed by atoms with Gasteiger partial charge in [-0.1, -0.05) is 11.6 Å². The molecule has 0 aliphatic rings. The van der Waals surface area contributed by atoms with Crippen molar-refractivity contribution in [3.63, 3.8) is 0 Å². The van der Waals surface area contributed by atoms with E-state index in [4.69, 9.17) is 11.6 Å². The molecule has 0 aliphatic carbocycles. The molecule has 0 bridgehead atoms. The fraction of sp³-hybridized carbons (Fsp3) is 0.300. The molecule has 3 nitrogen and oxygen atoms in total. The second-order valence-electron chi connectivity index (χ2n) is 3.13. The van der Waals surface area contributed by atoms with E-state index in [0.717, 1.165) is 4.47 Å². The van der Waals surface area contributed by atoms with Crippen LogP contribution in [0.5, 0.6) is 0 Å². The van der Waals surface area contributed by atoms with Crippen molar-refractivity contribution >= 4 is 39.1 Å². The molecule has 0 spiro atoms. The van der Waals surface area contributed by atoms with Gasteiger partial charge in [-0.3, -0.25) is 4.79 Å². The zero-order valence-electron chi connectivity index (χ0n) is 8.47. The fourth-order valence-corrected chi connectivity index (χ4v) is 1.38. The molecule has 0 aromatic heterocycles. The Kier molecular flexibility index (Phi) is 4.57. The number of carbonyl (C=O) groups is 1. The monoisotopic (exact) mass is 290 g/mol. The van der Waals surface area contributed by atoms with Crippen LogP contribution in [-0.4, -0.2) is 19.0 Å². The number of hydrogen-bond donors (Lipinski definition) is 2. The van der Waals surface area contributed by atoms with Gasteiger partial charge < -0.3 is 10.6 Å². The molecule has 1 rings (SSSR count). The molecule has 1 aromatic carbocycles. The van der Waals surface area contributed by atoms with E-state index in [1.54, 1.807) is 32.2 Å². The summed E-state index contributed by atoms with van der Waals surface area (Å²) in [7, 11) is 1.73. The number of carbonyl (C=O) groups excluding carboxylic acids is 1. The summed E-state index contributed by atoms with van der Waals surface area (Å²) >= 11 is 9.18. The lowest BCUT2D eigenvalue weighted by Crippen LogP contribution is -2.35. The second kappa shape index (κ2) is 5.49. The summed E-state index contributed by atoms with van der Waals surface area (Å²) in [6, 6.07) is 5.05. The van der Waals surface area contributed by atoms with Crippen molar-refractivity contribution in [2.75, 3.05) is 12.4 Å². The van der Waals surface area contributed by atoms with E-state index in [1.807, 2.05) is 0 Å². The van der Waals surface area contributed by atoms with Gasteiger partial charge in [-0.15, -0.1) is 0 Å². The predicted octanol–water partition coefficient (Wildman–Crippen LogP) is 2.65. The molecule has 0 saturated carbocycles. The van der Waals surface area contributed by atoms with Crippen molar-refractivity contribution in [2.45, 2.75) is 13.0 Å².